The Hall–Kier alpha value is -3.18. The van der Waals surface area contributed by atoms with Crippen molar-refractivity contribution in [1.82, 2.24) is 15.0 Å². The number of aromatic amines is 1. The zero-order valence-corrected chi connectivity index (χ0v) is 17.2. The second-order valence-corrected chi connectivity index (χ2v) is 8.03. The van der Waals surface area contributed by atoms with Gasteiger partial charge >= 0.3 is 6.18 Å². The van der Waals surface area contributed by atoms with E-state index in [-0.39, 0.29) is 44.6 Å². The van der Waals surface area contributed by atoms with Gasteiger partial charge in [0.25, 0.3) is 11.5 Å². The molecule has 1 aromatic carbocycles. The van der Waals surface area contributed by atoms with Crippen molar-refractivity contribution < 1.29 is 22.4 Å². The molecule has 3 aromatic heterocycles. The Morgan fingerprint density at radius 1 is 1.32 bits per heavy atom. The molecule has 0 atom stereocenters. The van der Waals surface area contributed by atoms with E-state index in [2.05, 4.69) is 20.3 Å². The molecule has 0 unspecified atom stereocenters. The predicted octanol–water partition coefficient (Wildman–Crippen LogP) is 4.80. The van der Waals surface area contributed by atoms with Crippen molar-refractivity contribution >= 4 is 45.1 Å². The zero-order valence-electron chi connectivity index (χ0n) is 15.6. The average Bonchev–Trinajstić information content (AvgIpc) is 3.26. The fraction of sp³-hybridized carbons (Fsp3) is 0.158. The van der Waals surface area contributed by atoms with Gasteiger partial charge in [-0.05, 0) is 30.7 Å². The highest BCUT2D eigenvalue weighted by atomic mass is 35.5. The van der Waals surface area contributed by atoms with Gasteiger partial charge in [0.1, 0.15) is 11.1 Å². The minimum atomic E-state index is -4.48. The molecule has 0 aliphatic carbocycles. The molecular formula is C19H12ClF3N4O3S. The molecule has 1 amide bonds. The number of aryl methyl sites for hydroxylation is 1. The topological polar surface area (TPSA) is 101 Å². The standard InChI is InChI=1S/C19H12ClF3N4O3S/c1-8-13(14-15(28)25-7-26-17(14)30-8)16(29)27-18-24-6-11(31-18)5-9-4-10(19(21,22)23)2-3-12(9)20/h2-4,6-7H,5H2,1H3,(H,24,27,29)(H,25,26,28). The van der Waals surface area contributed by atoms with Crippen molar-refractivity contribution in [3.63, 3.8) is 0 Å². The van der Waals surface area contributed by atoms with Crippen LogP contribution in [0.4, 0.5) is 18.3 Å². The van der Waals surface area contributed by atoms with Gasteiger partial charge in [-0.2, -0.15) is 13.2 Å². The first-order valence-corrected chi connectivity index (χ1v) is 9.91. The van der Waals surface area contributed by atoms with Crippen LogP contribution in [0.3, 0.4) is 0 Å². The maximum atomic E-state index is 13.0. The van der Waals surface area contributed by atoms with E-state index in [0.29, 0.717) is 4.88 Å². The number of H-pyrrole nitrogens is 1. The number of carbonyl (C=O) groups excluding carboxylic acids is 1. The molecule has 160 valence electrons. The van der Waals surface area contributed by atoms with E-state index >= 15 is 0 Å². The molecule has 0 radical (unpaired) electrons. The molecule has 4 rings (SSSR count). The fourth-order valence-electron chi connectivity index (χ4n) is 3.01. The molecule has 3 heterocycles. The Morgan fingerprint density at radius 3 is 2.84 bits per heavy atom. The van der Waals surface area contributed by atoms with E-state index in [1.807, 2.05) is 0 Å². The van der Waals surface area contributed by atoms with Crippen molar-refractivity contribution in [3.8, 4) is 0 Å². The van der Waals surface area contributed by atoms with Crippen LogP contribution in [-0.4, -0.2) is 20.9 Å². The number of anilines is 1. The summed E-state index contributed by atoms with van der Waals surface area (Å²) < 4.78 is 44.2. The number of rotatable bonds is 4. The number of furan rings is 1. The smallest absolute Gasteiger partial charge is 0.416 e. The molecule has 0 aliphatic rings. The number of carbonyl (C=O) groups is 1. The van der Waals surface area contributed by atoms with Crippen molar-refractivity contribution in [3.05, 3.63) is 73.4 Å². The SMILES string of the molecule is Cc1oc2nc[nH]c(=O)c2c1C(=O)Nc1ncc(Cc2cc(C(F)(F)F)ccc2Cl)s1. The molecule has 4 aromatic rings. The fourth-order valence-corrected chi connectivity index (χ4v) is 4.02. The number of nitrogens with zero attached hydrogens (tertiary/aromatic N) is 2. The first-order chi connectivity index (χ1) is 14.6. The molecule has 0 saturated heterocycles. The number of aromatic nitrogens is 3. The maximum Gasteiger partial charge on any atom is 0.416 e. The number of thiazole rings is 1. The lowest BCUT2D eigenvalue weighted by Gasteiger charge is -2.09. The lowest BCUT2D eigenvalue weighted by Crippen LogP contribution is -2.16. The number of nitrogens with one attached hydrogen (secondary N) is 2. The molecule has 2 N–H and O–H groups in total. The van der Waals surface area contributed by atoms with Crippen molar-refractivity contribution in [2.24, 2.45) is 0 Å². The van der Waals surface area contributed by atoms with Crippen LogP contribution >= 0.6 is 22.9 Å². The summed E-state index contributed by atoms with van der Waals surface area (Å²) in [5, 5.41) is 2.99. The summed E-state index contributed by atoms with van der Waals surface area (Å²) in [6.07, 6.45) is -1.77. The Morgan fingerprint density at radius 2 is 2.10 bits per heavy atom. The minimum absolute atomic E-state index is 0.0185. The summed E-state index contributed by atoms with van der Waals surface area (Å²) in [4.78, 5) is 35.7. The second kappa shape index (κ2) is 7.82. The van der Waals surface area contributed by atoms with E-state index in [9.17, 15) is 22.8 Å². The van der Waals surface area contributed by atoms with Crippen molar-refractivity contribution in [2.75, 3.05) is 5.32 Å². The number of alkyl halides is 3. The van der Waals surface area contributed by atoms with Crippen LogP contribution in [0, 0.1) is 6.92 Å². The molecule has 7 nitrogen and oxygen atoms in total. The minimum Gasteiger partial charge on any atom is -0.442 e. The van der Waals surface area contributed by atoms with Crippen LogP contribution in [0.15, 0.2) is 39.9 Å². The first-order valence-electron chi connectivity index (χ1n) is 8.72. The molecule has 0 bridgehead atoms. The van der Waals surface area contributed by atoms with Gasteiger partial charge in [-0.15, -0.1) is 11.3 Å². The van der Waals surface area contributed by atoms with Gasteiger partial charge in [-0.1, -0.05) is 11.6 Å². The van der Waals surface area contributed by atoms with Crippen LogP contribution in [-0.2, 0) is 12.6 Å². The van der Waals surface area contributed by atoms with Gasteiger partial charge in [0, 0.05) is 22.5 Å². The Labute approximate surface area is 180 Å². The van der Waals surface area contributed by atoms with Crippen LogP contribution in [0.25, 0.3) is 11.1 Å². The predicted molar refractivity (Wildman–Crippen MR) is 109 cm³/mol. The van der Waals surface area contributed by atoms with Gasteiger partial charge < -0.3 is 9.40 Å². The Balaban J connectivity index is 1.57. The molecular weight excluding hydrogens is 457 g/mol. The van der Waals surface area contributed by atoms with E-state index in [0.717, 1.165) is 23.5 Å². The Kier molecular flexibility index (Phi) is 5.31. The number of fused-ring (bicyclic) bond motifs is 1. The summed E-state index contributed by atoms with van der Waals surface area (Å²) in [5.74, 6) is -0.406. The van der Waals surface area contributed by atoms with Gasteiger partial charge in [-0.25, -0.2) is 9.97 Å². The number of hydrogen-bond donors (Lipinski definition) is 2. The highest BCUT2D eigenvalue weighted by Gasteiger charge is 2.31. The Bertz CT molecular complexity index is 1360. The van der Waals surface area contributed by atoms with Crippen LogP contribution in [0.5, 0.6) is 0 Å². The van der Waals surface area contributed by atoms with Gasteiger partial charge in [0.2, 0.25) is 5.71 Å². The largest absolute Gasteiger partial charge is 0.442 e. The highest BCUT2D eigenvalue weighted by Crippen LogP contribution is 2.33. The molecule has 0 saturated carbocycles. The van der Waals surface area contributed by atoms with Crippen molar-refractivity contribution in [1.29, 1.82) is 0 Å². The molecule has 0 spiro atoms. The molecule has 0 aliphatic heterocycles. The summed E-state index contributed by atoms with van der Waals surface area (Å²) >= 11 is 7.12. The first kappa shape index (κ1) is 21.1. The van der Waals surface area contributed by atoms with Gasteiger partial charge in [-0.3, -0.25) is 14.9 Å². The average molecular weight is 469 g/mol. The highest BCUT2D eigenvalue weighted by molar-refractivity contribution is 7.15. The number of benzene rings is 1. The zero-order chi connectivity index (χ0) is 22.3. The van der Waals surface area contributed by atoms with Crippen LogP contribution in [0.2, 0.25) is 5.02 Å². The lowest BCUT2D eigenvalue weighted by molar-refractivity contribution is -0.137. The third-order valence-corrected chi connectivity index (χ3v) is 5.69. The van der Waals surface area contributed by atoms with Gasteiger partial charge in [0.05, 0.1) is 17.5 Å². The molecule has 31 heavy (non-hydrogen) atoms. The third kappa shape index (κ3) is 4.19. The van der Waals surface area contributed by atoms with E-state index in [1.54, 1.807) is 0 Å². The summed E-state index contributed by atoms with van der Waals surface area (Å²) in [6.45, 7) is 1.53. The number of halogens is 4. The van der Waals surface area contributed by atoms with E-state index in [1.165, 1.54) is 25.5 Å². The third-order valence-electron chi connectivity index (χ3n) is 4.41. The molecule has 12 heteroatoms. The maximum absolute atomic E-state index is 13.0. The van der Waals surface area contributed by atoms with E-state index < -0.39 is 23.2 Å². The van der Waals surface area contributed by atoms with E-state index in [4.69, 9.17) is 16.0 Å². The quantitative estimate of drug-likeness (QED) is 0.448. The monoisotopic (exact) mass is 468 g/mol. The summed E-state index contributed by atoms with van der Waals surface area (Å²) in [7, 11) is 0. The second-order valence-electron chi connectivity index (χ2n) is 6.51. The summed E-state index contributed by atoms with van der Waals surface area (Å²) in [5.41, 5.74) is -0.975. The molecule has 0 fully saturated rings. The van der Waals surface area contributed by atoms with Crippen LogP contribution < -0.4 is 10.9 Å². The normalized spacial score (nSPS) is 11.8. The summed E-state index contributed by atoms with van der Waals surface area (Å²) in [6, 6.07) is 3.10. The van der Waals surface area contributed by atoms with Crippen molar-refractivity contribution in [2.45, 2.75) is 19.5 Å². The number of hydrogen-bond acceptors (Lipinski definition) is 6. The number of amides is 1. The lowest BCUT2D eigenvalue weighted by atomic mass is 10.1. The van der Waals surface area contributed by atoms with Gasteiger partial charge in [0.15, 0.2) is 5.13 Å². The van der Waals surface area contributed by atoms with Crippen LogP contribution in [0.1, 0.15) is 32.1 Å².